The number of nitrogens with zero attached hydrogens (tertiary/aromatic N) is 1. The quantitative estimate of drug-likeness (QED) is 0.859. The van der Waals surface area contributed by atoms with Crippen LogP contribution in [0.4, 0.5) is 0 Å². The second-order valence-electron chi connectivity index (χ2n) is 4.83. The molecule has 1 aromatic heterocycles. The third kappa shape index (κ3) is 2.10. The first-order chi connectivity index (χ1) is 8.55. The van der Waals surface area contributed by atoms with E-state index in [1.807, 2.05) is 28.8 Å². The summed E-state index contributed by atoms with van der Waals surface area (Å²) < 4.78 is 25.6. The molecule has 1 fully saturated rings. The van der Waals surface area contributed by atoms with Gasteiger partial charge in [-0.2, -0.15) is 0 Å². The molecule has 0 saturated carbocycles. The van der Waals surface area contributed by atoms with Crippen LogP contribution in [0.2, 0.25) is 0 Å². The highest BCUT2D eigenvalue weighted by Gasteiger charge is 2.28. The molecule has 1 saturated heterocycles. The van der Waals surface area contributed by atoms with Crippen molar-refractivity contribution in [1.29, 1.82) is 0 Å². The molecule has 0 spiro atoms. The molecule has 96 valence electrons. The summed E-state index contributed by atoms with van der Waals surface area (Å²) in [5.41, 5.74) is 2.05. The highest BCUT2D eigenvalue weighted by molar-refractivity contribution is 7.91. The van der Waals surface area contributed by atoms with Gasteiger partial charge in [0.25, 0.3) is 0 Å². The van der Waals surface area contributed by atoms with Crippen LogP contribution in [0.25, 0.3) is 11.0 Å². The third-order valence-electron chi connectivity index (χ3n) is 3.45. The van der Waals surface area contributed by atoms with Crippen LogP contribution in [0.3, 0.4) is 0 Å². The van der Waals surface area contributed by atoms with E-state index in [4.69, 9.17) is 12.2 Å². The van der Waals surface area contributed by atoms with Crippen molar-refractivity contribution in [3.63, 3.8) is 0 Å². The first-order valence-electron chi connectivity index (χ1n) is 5.93. The van der Waals surface area contributed by atoms with Crippen LogP contribution in [-0.2, 0) is 16.4 Å². The zero-order valence-corrected chi connectivity index (χ0v) is 11.4. The van der Waals surface area contributed by atoms with Crippen LogP contribution >= 0.6 is 12.2 Å². The van der Waals surface area contributed by atoms with Gasteiger partial charge in [0.15, 0.2) is 14.6 Å². The molecule has 4 nitrogen and oxygen atoms in total. The number of para-hydroxylation sites is 2. The maximum Gasteiger partial charge on any atom is 0.178 e. The molecule has 1 unspecified atom stereocenters. The first-order valence-corrected chi connectivity index (χ1v) is 8.16. The monoisotopic (exact) mass is 282 g/mol. The minimum atomic E-state index is -2.82. The van der Waals surface area contributed by atoms with Crippen LogP contribution in [-0.4, -0.2) is 29.5 Å². The average Bonchev–Trinajstić information content (AvgIpc) is 2.81. The third-order valence-corrected chi connectivity index (χ3v) is 5.61. The lowest BCUT2D eigenvalue weighted by Crippen LogP contribution is -2.12. The molecule has 6 heteroatoms. The molecule has 0 amide bonds. The highest BCUT2D eigenvalue weighted by Crippen LogP contribution is 2.23. The van der Waals surface area contributed by atoms with Crippen LogP contribution in [0.5, 0.6) is 0 Å². The standard InChI is InChI=1S/C12H14N2O2S2/c15-18(16)6-5-9(8-18)7-14-11-4-2-1-3-10(11)13-12(14)17/h1-4,9H,5-8H2,(H,13,17). The number of H-pyrrole nitrogens is 1. The molecule has 0 bridgehead atoms. The van der Waals surface area contributed by atoms with Gasteiger partial charge in [-0.1, -0.05) is 12.1 Å². The summed E-state index contributed by atoms with van der Waals surface area (Å²) in [5.74, 6) is 0.780. The second kappa shape index (κ2) is 4.20. The van der Waals surface area contributed by atoms with E-state index in [0.29, 0.717) is 17.1 Å². The number of aromatic amines is 1. The molecule has 1 atom stereocenters. The van der Waals surface area contributed by atoms with Gasteiger partial charge in [0.05, 0.1) is 22.5 Å². The number of rotatable bonds is 2. The van der Waals surface area contributed by atoms with Gasteiger partial charge in [0, 0.05) is 6.54 Å². The molecule has 2 aromatic rings. The number of hydrogen-bond donors (Lipinski definition) is 1. The van der Waals surface area contributed by atoms with Crippen molar-refractivity contribution in [3.8, 4) is 0 Å². The normalized spacial score (nSPS) is 22.6. The summed E-state index contributed by atoms with van der Waals surface area (Å²) in [6.07, 6.45) is 0.740. The number of nitrogens with one attached hydrogen (secondary N) is 1. The fourth-order valence-electron chi connectivity index (χ4n) is 2.56. The molecule has 2 heterocycles. The molecule has 1 aliphatic heterocycles. The van der Waals surface area contributed by atoms with Crippen LogP contribution < -0.4 is 0 Å². The van der Waals surface area contributed by atoms with E-state index in [1.54, 1.807) is 0 Å². The van der Waals surface area contributed by atoms with Gasteiger partial charge < -0.3 is 9.55 Å². The Balaban J connectivity index is 1.96. The zero-order chi connectivity index (χ0) is 12.8. The Kier molecular flexibility index (Phi) is 2.79. The minimum absolute atomic E-state index is 0.181. The Labute approximate surface area is 111 Å². The van der Waals surface area contributed by atoms with Gasteiger partial charge in [0.2, 0.25) is 0 Å². The van der Waals surface area contributed by atoms with Crippen LogP contribution in [0.15, 0.2) is 24.3 Å². The summed E-state index contributed by atoms with van der Waals surface area (Å²) >= 11 is 5.30. The predicted molar refractivity (Wildman–Crippen MR) is 73.9 cm³/mol. The Bertz CT molecular complexity index is 743. The second-order valence-corrected chi connectivity index (χ2v) is 7.44. The first kappa shape index (κ1) is 11.9. The molecular formula is C12H14N2O2S2. The highest BCUT2D eigenvalue weighted by atomic mass is 32.2. The number of benzene rings is 1. The number of imidazole rings is 1. The van der Waals surface area contributed by atoms with Crippen LogP contribution in [0.1, 0.15) is 6.42 Å². The lowest BCUT2D eigenvalue weighted by Gasteiger charge is -2.09. The van der Waals surface area contributed by atoms with E-state index >= 15 is 0 Å². The topological polar surface area (TPSA) is 54.9 Å². The number of sulfone groups is 1. The number of fused-ring (bicyclic) bond motifs is 1. The van der Waals surface area contributed by atoms with E-state index in [-0.39, 0.29) is 11.7 Å². The Hall–Kier alpha value is -1.14. The van der Waals surface area contributed by atoms with Gasteiger partial charge in [-0.25, -0.2) is 8.42 Å². The summed E-state index contributed by atoms with van der Waals surface area (Å²) in [4.78, 5) is 3.15. The maximum atomic E-state index is 11.5. The zero-order valence-electron chi connectivity index (χ0n) is 9.80. The lowest BCUT2D eigenvalue weighted by atomic mass is 10.1. The van der Waals surface area contributed by atoms with Crippen molar-refractivity contribution in [1.82, 2.24) is 9.55 Å². The fourth-order valence-corrected chi connectivity index (χ4v) is 4.69. The molecular weight excluding hydrogens is 268 g/mol. The molecule has 3 rings (SSSR count). The Morgan fingerprint density at radius 2 is 2.17 bits per heavy atom. The van der Waals surface area contributed by atoms with Crippen molar-refractivity contribution < 1.29 is 8.42 Å². The summed E-state index contributed by atoms with van der Waals surface area (Å²) in [6, 6.07) is 7.91. The Morgan fingerprint density at radius 3 is 2.89 bits per heavy atom. The minimum Gasteiger partial charge on any atom is -0.331 e. The molecule has 0 radical (unpaired) electrons. The smallest absolute Gasteiger partial charge is 0.178 e. The molecule has 1 aliphatic rings. The summed E-state index contributed by atoms with van der Waals surface area (Å²) in [5, 5.41) is 0. The molecule has 18 heavy (non-hydrogen) atoms. The number of hydrogen-bond acceptors (Lipinski definition) is 3. The van der Waals surface area contributed by atoms with Crippen molar-refractivity contribution in [2.24, 2.45) is 5.92 Å². The van der Waals surface area contributed by atoms with Crippen LogP contribution in [0, 0.1) is 10.7 Å². The van der Waals surface area contributed by atoms with Gasteiger partial charge >= 0.3 is 0 Å². The average molecular weight is 282 g/mol. The van der Waals surface area contributed by atoms with Crippen molar-refractivity contribution in [2.75, 3.05) is 11.5 Å². The Morgan fingerprint density at radius 1 is 1.39 bits per heavy atom. The van der Waals surface area contributed by atoms with Gasteiger partial charge in [-0.05, 0) is 36.7 Å². The fraction of sp³-hybridized carbons (Fsp3) is 0.417. The largest absolute Gasteiger partial charge is 0.331 e. The van der Waals surface area contributed by atoms with E-state index < -0.39 is 9.84 Å². The summed E-state index contributed by atoms with van der Waals surface area (Å²) in [7, 11) is -2.82. The van der Waals surface area contributed by atoms with Crippen molar-refractivity contribution in [2.45, 2.75) is 13.0 Å². The van der Waals surface area contributed by atoms with E-state index in [0.717, 1.165) is 17.5 Å². The predicted octanol–water partition coefficient (Wildman–Crippen LogP) is 2.13. The van der Waals surface area contributed by atoms with Gasteiger partial charge in [-0.3, -0.25) is 0 Å². The summed E-state index contributed by atoms with van der Waals surface area (Å²) in [6.45, 7) is 0.683. The van der Waals surface area contributed by atoms with E-state index in [2.05, 4.69) is 4.98 Å². The van der Waals surface area contributed by atoms with Crippen molar-refractivity contribution in [3.05, 3.63) is 29.0 Å². The van der Waals surface area contributed by atoms with Gasteiger partial charge in [0.1, 0.15) is 0 Å². The lowest BCUT2D eigenvalue weighted by molar-refractivity contribution is 0.495. The number of aromatic nitrogens is 2. The molecule has 1 aromatic carbocycles. The van der Waals surface area contributed by atoms with E-state index in [9.17, 15) is 8.42 Å². The van der Waals surface area contributed by atoms with E-state index in [1.165, 1.54) is 0 Å². The maximum absolute atomic E-state index is 11.5. The molecule has 1 N–H and O–H groups in total. The molecule has 0 aliphatic carbocycles. The van der Waals surface area contributed by atoms with Crippen molar-refractivity contribution >= 4 is 33.1 Å². The van der Waals surface area contributed by atoms with Gasteiger partial charge in [-0.15, -0.1) is 0 Å². The SMILES string of the molecule is O=S1(=O)CCC(Cn2c(=S)[nH]c3ccccc32)C1.